The summed E-state index contributed by atoms with van der Waals surface area (Å²) in [4.78, 5) is 0. The van der Waals surface area contributed by atoms with Crippen molar-refractivity contribution in [3.8, 4) is 5.75 Å². The van der Waals surface area contributed by atoms with Crippen molar-refractivity contribution in [1.29, 1.82) is 0 Å². The predicted octanol–water partition coefficient (Wildman–Crippen LogP) is 3.58. The first-order chi connectivity index (χ1) is 11.6. The lowest BCUT2D eigenvalue weighted by Crippen LogP contribution is -2.16. The van der Waals surface area contributed by atoms with Gasteiger partial charge in [-0.1, -0.05) is 41.9 Å². The third kappa shape index (κ3) is 5.81. The number of aryl methyl sites for hydroxylation is 1. The number of benzene rings is 1. The lowest BCUT2D eigenvalue weighted by Gasteiger charge is -2.14. The highest BCUT2D eigenvalue weighted by Crippen LogP contribution is 2.32. The summed E-state index contributed by atoms with van der Waals surface area (Å²) in [7, 11) is 1.83. The molecule has 1 heterocycles. The van der Waals surface area contributed by atoms with Crippen molar-refractivity contribution in [2.24, 2.45) is 7.05 Å². The molecule has 0 radical (unpaired) electrons. The third-order valence-electron chi connectivity index (χ3n) is 3.16. The largest absolute Gasteiger partial charge is 0.492 e. The van der Waals surface area contributed by atoms with Gasteiger partial charge >= 0.3 is 0 Å². The van der Waals surface area contributed by atoms with Crippen LogP contribution in [-0.2, 0) is 13.6 Å². The Morgan fingerprint density at radius 1 is 1.33 bits per heavy atom. The number of halogens is 2. The zero-order valence-corrected chi connectivity index (χ0v) is 16.1. The Hall–Kier alpha value is -1.02. The lowest BCUT2D eigenvalue weighted by molar-refractivity contribution is 0.313. The van der Waals surface area contributed by atoms with Crippen molar-refractivity contribution in [3.05, 3.63) is 27.7 Å². The minimum Gasteiger partial charge on any atom is -0.492 e. The van der Waals surface area contributed by atoms with Crippen molar-refractivity contribution >= 4 is 35.0 Å². The van der Waals surface area contributed by atoms with Crippen LogP contribution < -0.4 is 10.1 Å². The van der Waals surface area contributed by atoms with Crippen LogP contribution in [0.3, 0.4) is 0 Å². The molecule has 0 aliphatic heterocycles. The van der Waals surface area contributed by atoms with Gasteiger partial charge in [-0.15, -0.1) is 5.10 Å². The number of nitrogens with zero attached hydrogens (tertiary/aromatic N) is 4. The maximum atomic E-state index is 6.24. The number of hydrogen-bond acceptors (Lipinski definition) is 6. The SMILES string of the molecule is CCCOc1c(Cl)cc(Cl)cc1CNCCCSc1nnnn1C. The molecule has 2 aromatic rings. The Kier molecular flexibility index (Phi) is 8.11. The number of thioether (sulfide) groups is 1. The average Bonchev–Trinajstić information content (AvgIpc) is 2.95. The zero-order chi connectivity index (χ0) is 17.4. The van der Waals surface area contributed by atoms with E-state index in [1.54, 1.807) is 22.5 Å². The second kappa shape index (κ2) is 10.1. The monoisotopic (exact) mass is 389 g/mol. The van der Waals surface area contributed by atoms with Gasteiger partial charge in [0.05, 0.1) is 11.6 Å². The quantitative estimate of drug-likeness (QED) is 0.494. The van der Waals surface area contributed by atoms with Crippen LogP contribution in [0.4, 0.5) is 0 Å². The number of nitrogens with one attached hydrogen (secondary N) is 1. The van der Waals surface area contributed by atoms with Gasteiger partial charge in [0.1, 0.15) is 5.75 Å². The molecule has 0 amide bonds. The van der Waals surface area contributed by atoms with E-state index < -0.39 is 0 Å². The molecule has 0 fully saturated rings. The molecule has 0 aliphatic carbocycles. The molecule has 0 spiro atoms. The molecule has 1 aromatic carbocycles. The Morgan fingerprint density at radius 2 is 2.17 bits per heavy atom. The third-order valence-corrected chi connectivity index (χ3v) is 4.76. The summed E-state index contributed by atoms with van der Waals surface area (Å²) in [6, 6.07) is 3.61. The molecule has 1 aromatic heterocycles. The molecular formula is C15H21Cl2N5OS. The molecule has 6 nitrogen and oxygen atoms in total. The highest BCUT2D eigenvalue weighted by Gasteiger charge is 2.10. The molecular weight excluding hydrogens is 369 g/mol. The van der Waals surface area contributed by atoms with Gasteiger partial charge in [0.25, 0.3) is 0 Å². The second-order valence-electron chi connectivity index (χ2n) is 5.19. The summed E-state index contributed by atoms with van der Waals surface area (Å²) < 4.78 is 7.42. The summed E-state index contributed by atoms with van der Waals surface area (Å²) >= 11 is 14.0. The van der Waals surface area contributed by atoms with Gasteiger partial charge in [0.2, 0.25) is 5.16 Å². The highest BCUT2D eigenvalue weighted by atomic mass is 35.5. The number of tetrazole rings is 1. The highest BCUT2D eigenvalue weighted by molar-refractivity contribution is 7.99. The number of rotatable bonds is 10. The first-order valence-corrected chi connectivity index (χ1v) is 9.52. The van der Waals surface area contributed by atoms with E-state index in [1.165, 1.54) is 0 Å². The fraction of sp³-hybridized carbons (Fsp3) is 0.533. The summed E-state index contributed by atoms with van der Waals surface area (Å²) in [6.07, 6.45) is 1.93. The van der Waals surface area contributed by atoms with Crippen molar-refractivity contribution in [1.82, 2.24) is 25.5 Å². The lowest BCUT2D eigenvalue weighted by atomic mass is 10.2. The molecule has 0 unspecified atom stereocenters. The number of hydrogen-bond donors (Lipinski definition) is 1. The molecule has 0 atom stereocenters. The molecule has 0 saturated heterocycles. The predicted molar refractivity (Wildman–Crippen MR) is 98.1 cm³/mol. The van der Waals surface area contributed by atoms with E-state index in [2.05, 4.69) is 27.8 Å². The molecule has 0 saturated carbocycles. The van der Waals surface area contributed by atoms with Gasteiger partial charge in [0, 0.05) is 29.9 Å². The maximum absolute atomic E-state index is 6.24. The standard InChI is InChI=1S/C15H21Cl2N5OS/c1-3-6-23-14-11(8-12(16)9-13(14)17)10-18-5-4-7-24-15-19-20-21-22(15)2/h8-9,18H,3-7,10H2,1-2H3. The van der Waals surface area contributed by atoms with Crippen molar-refractivity contribution in [2.45, 2.75) is 31.5 Å². The molecule has 1 N–H and O–H groups in total. The van der Waals surface area contributed by atoms with Crippen LogP contribution in [0.1, 0.15) is 25.3 Å². The van der Waals surface area contributed by atoms with E-state index in [0.717, 1.165) is 41.6 Å². The summed E-state index contributed by atoms with van der Waals surface area (Å²) in [6.45, 7) is 4.23. The van der Waals surface area contributed by atoms with E-state index in [9.17, 15) is 0 Å². The Morgan fingerprint density at radius 3 is 2.88 bits per heavy atom. The maximum Gasteiger partial charge on any atom is 0.209 e. The Bertz CT molecular complexity index is 653. The normalized spacial score (nSPS) is 11.0. The average molecular weight is 390 g/mol. The van der Waals surface area contributed by atoms with Crippen LogP contribution in [0.15, 0.2) is 17.3 Å². The summed E-state index contributed by atoms with van der Waals surface area (Å²) in [5.74, 6) is 1.66. The van der Waals surface area contributed by atoms with Gasteiger partial charge < -0.3 is 10.1 Å². The first kappa shape index (κ1) is 19.3. The molecule has 0 bridgehead atoms. The number of ether oxygens (including phenoxy) is 1. The fourth-order valence-corrected chi connectivity index (χ4v) is 3.42. The van der Waals surface area contributed by atoms with Crippen molar-refractivity contribution in [2.75, 3.05) is 18.9 Å². The molecule has 24 heavy (non-hydrogen) atoms. The topological polar surface area (TPSA) is 64.9 Å². The van der Waals surface area contributed by atoms with Crippen LogP contribution in [0.2, 0.25) is 10.0 Å². The summed E-state index contributed by atoms with van der Waals surface area (Å²) in [5, 5.41) is 16.8. The van der Waals surface area contributed by atoms with E-state index in [4.69, 9.17) is 27.9 Å². The van der Waals surface area contributed by atoms with Crippen LogP contribution >= 0.6 is 35.0 Å². The van der Waals surface area contributed by atoms with E-state index in [0.29, 0.717) is 23.2 Å². The zero-order valence-electron chi connectivity index (χ0n) is 13.8. The molecule has 2 rings (SSSR count). The van der Waals surface area contributed by atoms with Gasteiger partial charge in [0.15, 0.2) is 0 Å². The first-order valence-electron chi connectivity index (χ1n) is 7.78. The van der Waals surface area contributed by atoms with Crippen molar-refractivity contribution < 1.29 is 4.74 Å². The molecule has 132 valence electrons. The van der Waals surface area contributed by atoms with Gasteiger partial charge in [-0.25, -0.2) is 4.68 Å². The Labute approximate surface area is 156 Å². The minimum absolute atomic E-state index is 0.554. The van der Waals surface area contributed by atoms with Crippen LogP contribution in [0.5, 0.6) is 5.75 Å². The van der Waals surface area contributed by atoms with Crippen LogP contribution in [0.25, 0.3) is 0 Å². The van der Waals surface area contributed by atoms with Gasteiger partial charge in [-0.05, 0) is 41.9 Å². The van der Waals surface area contributed by atoms with Crippen LogP contribution in [0, 0.1) is 0 Å². The summed E-state index contributed by atoms with van der Waals surface area (Å²) in [5.41, 5.74) is 0.978. The van der Waals surface area contributed by atoms with Crippen LogP contribution in [-0.4, -0.2) is 39.1 Å². The number of aromatic nitrogens is 4. The van der Waals surface area contributed by atoms with E-state index in [-0.39, 0.29) is 0 Å². The molecule has 9 heteroatoms. The second-order valence-corrected chi connectivity index (χ2v) is 7.09. The van der Waals surface area contributed by atoms with E-state index >= 15 is 0 Å². The van der Waals surface area contributed by atoms with E-state index in [1.807, 2.05) is 13.1 Å². The Balaban J connectivity index is 1.78. The smallest absolute Gasteiger partial charge is 0.209 e. The van der Waals surface area contributed by atoms with Gasteiger partial charge in [-0.2, -0.15) is 0 Å². The van der Waals surface area contributed by atoms with Crippen molar-refractivity contribution in [3.63, 3.8) is 0 Å². The fourth-order valence-electron chi connectivity index (χ4n) is 2.04. The molecule has 0 aliphatic rings. The minimum atomic E-state index is 0.554. The van der Waals surface area contributed by atoms with Gasteiger partial charge in [-0.3, -0.25) is 0 Å².